The lowest BCUT2D eigenvalue weighted by Gasteiger charge is -2.15. The highest BCUT2D eigenvalue weighted by Crippen LogP contribution is 2.20. The molecule has 0 spiro atoms. The summed E-state index contributed by atoms with van der Waals surface area (Å²) >= 11 is 0. The number of nitrogens with one attached hydrogen (secondary N) is 3. The van der Waals surface area contributed by atoms with Gasteiger partial charge >= 0.3 is 0 Å². The second kappa shape index (κ2) is 8.71. The number of benzene rings is 2. The van der Waals surface area contributed by atoms with Gasteiger partial charge in [-0.3, -0.25) is 24.5 Å². The second-order valence-electron chi connectivity index (χ2n) is 5.87. The first-order chi connectivity index (χ1) is 13.2. The highest BCUT2D eigenvalue weighted by molar-refractivity contribution is 6.01. The summed E-state index contributed by atoms with van der Waals surface area (Å²) in [4.78, 5) is 45.7. The maximum absolute atomic E-state index is 13.6. The number of anilines is 2. The van der Waals surface area contributed by atoms with Crippen molar-refractivity contribution in [3.05, 3.63) is 64.0 Å². The summed E-state index contributed by atoms with van der Waals surface area (Å²) in [7, 11) is 0. The van der Waals surface area contributed by atoms with E-state index in [1.807, 2.05) is 0 Å². The number of nitro groups is 1. The van der Waals surface area contributed by atoms with Crippen molar-refractivity contribution in [2.75, 3.05) is 10.6 Å². The van der Waals surface area contributed by atoms with Gasteiger partial charge in [-0.1, -0.05) is 6.07 Å². The van der Waals surface area contributed by atoms with E-state index in [0.29, 0.717) is 0 Å². The van der Waals surface area contributed by atoms with Crippen LogP contribution in [0.15, 0.2) is 42.5 Å². The van der Waals surface area contributed by atoms with Crippen LogP contribution in [0.25, 0.3) is 0 Å². The van der Waals surface area contributed by atoms with Crippen molar-refractivity contribution in [3.8, 4) is 0 Å². The van der Waals surface area contributed by atoms with Crippen molar-refractivity contribution < 1.29 is 23.7 Å². The minimum atomic E-state index is -0.985. The van der Waals surface area contributed by atoms with E-state index in [0.717, 1.165) is 12.1 Å². The van der Waals surface area contributed by atoms with Crippen molar-refractivity contribution in [3.63, 3.8) is 0 Å². The zero-order valence-electron chi connectivity index (χ0n) is 15.0. The Labute approximate surface area is 159 Å². The molecule has 28 heavy (non-hydrogen) atoms. The molecular weight excluding hydrogens is 371 g/mol. The van der Waals surface area contributed by atoms with Crippen molar-refractivity contribution in [1.29, 1.82) is 0 Å². The monoisotopic (exact) mass is 388 g/mol. The number of hydrogen-bond donors (Lipinski definition) is 3. The first-order valence-corrected chi connectivity index (χ1v) is 8.10. The van der Waals surface area contributed by atoms with Gasteiger partial charge in [-0.2, -0.15) is 0 Å². The Morgan fingerprint density at radius 2 is 1.82 bits per heavy atom. The molecule has 0 aliphatic rings. The molecule has 0 radical (unpaired) electrons. The number of halogens is 1. The third kappa shape index (κ3) is 5.34. The molecule has 0 bridgehead atoms. The first kappa shape index (κ1) is 20.5. The van der Waals surface area contributed by atoms with Gasteiger partial charge in [0.1, 0.15) is 11.9 Å². The van der Waals surface area contributed by atoms with E-state index in [1.54, 1.807) is 0 Å². The number of nitrogens with zero attached hydrogens (tertiary/aromatic N) is 1. The van der Waals surface area contributed by atoms with E-state index in [-0.39, 0.29) is 22.6 Å². The van der Waals surface area contributed by atoms with Crippen LogP contribution in [0.4, 0.5) is 21.5 Å². The van der Waals surface area contributed by atoms with E-state index < -0.39 is 34.5 Å². The molecule has 0 aliphatic heterocycles. The van der Waals surface area contributed by atoms with Crippen molar-refractivity contribution in [2.24, 2.45) is 0 Å². The summed E-state index contributed by atoms with van der Waals surface area (Å²) in [5, 5.41) is 18.0. The largest absolute Gasteiger partial charge is 0.341 e. The fourth-order valence-corrected chi connectivity index (χ4v) is 2.25. The molecule has 3 N–H and O–H groups in total. The summed E-state index contributed by atoms with van der Waals surface area (Å²) in [6, 6.07) is 7.71. The number of rotatable bonds is 6. The van der Waals surface area contributed by atoms with Gasteiger partial charge in [0.05, 0.1) is 10.6 Å². The number of carbonyl (C=O) groups excluding carboxylic acids is 3. The maximum Gasteiger partial charge on any atom is 0.270 e. The van der Waals surface area contributed by atoms with E-state index in [1.165, 1.54) is 44.2 Å². The zero-order chi connectivity index (χ0) is 20.8. The summed E-state index contributed by atoms with van der Waals surface area (Å²) in [5.41, 5.74) is -0.102. The lowest BCUT2D eigenvalue weighted by molar-refractivity contribution is -0.384. The van der Waals surface area contributed by atoms with Crippen molar-refractivity contribution >= 4 is 34.8 Å². The molecule has 0 saturated carbocycles. The molecule has 146 valence electrons. The summed E-state index contributed by atoms with van der Waals surface area (Å²) in [6.07, 6.45) is 0. The SMILES string of the molecule is CC(=O)Nc1cc(NC(=O)C(C)NC(=O)c2cccc([N+](=O)[O-])c2)ccc1F. The van der Waals surface area contributed by atoms with Crippen molar-refractivity contribution in [1.82, 2.24) is 5.32 Å². The lowest BCUT2D eigenvalue weighted by Crippen LogP contribution is -2.41. The Balaban J connectivity index is 2.05. The topological polar surface area (TPSA) is 130 Å². The smallest absolute Gasteiger partial charge is 0.270 e. The lowest BCUT2D eigenvalue weighted by atomic mass is 10.1. The molecule has 10 heteroatoms. The zero-order valence-corrected chi connectivity index (χ0v) is 15.0. The predicted octanol–water partition coefficient (Wildman–Crippen LogP) is 2.45. The highest BCUT2D eigenvalue weighted by Gasteiger charge is 2.19. The Kier molecular flexibility index (Phi) is 6.38. The molecule has 9 nitrogen and oxygen atoms in total. The van der Waals surface area contributed by atoms with Gasteiger partial charge in [0.15, 0.2) is 0 Å². The van der Waals surface area contributed by atoms with Crippen LogP contribution < -0.4 is 16.0 Å². The molecule has 1 unspecified atom stereocenters. The highest BCUT2D eigenvalue weighted by atomic mass is 19.1. The van der Waals surface area contributed by atoms with E-state index in [9.17, 15) is 28.9 Å². The average Bonchev–Trinajstić information content (AvgIpc) is 2.64. The summed E-state index contributed by atoms with van der Waals surface area (Å²) < 4.78 is 13.6. The van der Waals surface area contributed by atoms with Crippen LogP contribution in [0.3, 0.4) is 0 Å². The Bertz CT molecular complexity index is 947. The number of carbonyl (C=O) groups is 3. The fourth-order valence-electron chi connectivity index (χ4n) is 2.25. The minimum absolute atomic E-state index is 0.0311. The second-order valence-corrected chi connectivity index (χ2v) is 5.87. The maximum atomic E-state index is 13.6. The van der Waals surface area contributed by atoms with E-state index in [2.05, 4.69) is 16.0 Å². The van der Waals surface area contributed by atoms with Gasteiger partial charge in [0, 0.05) is 30.3 Å². The number of non-ortho nitro benzene ring substituents is 1. The molecule has 3 amide bonds. The Hall–Kier alpha value is -3.82. The van der Waals surface area contributed by atoms with Gasteiger partial charge in [-0.05, 0) is 31.2 Å². The van der Waals surface area contributed by atoms with E-state index >= 15 is 0 Å². The van der Waals surface area contributed by atoms with Crippen LogP contribution in [-0.4, -0.2) is 28.7 Å². The average molecular weight is 388 g/mol. The molecule has 1 atom stereocenters. The van der Waals surface area contributed by atoms with Crippen LogP contribution in [0.1, 0.15) is 24.2 Å². The standard InChI is InChI=1S/C18H17FN4O5/c1-10(20-18(26)12-4-3-5-14(8-12)23(27)28)17(25)22-13-6-7-15(19)16(9-13)21-11(2)24/h3-10H,1-2H3,(H,20,26)(H,21,24)(H,22,25). The molecule has 0 saturated heterocycles. The third-order valence-corrected chi connectivity index (χ3v) is 3.60. The van der Waals surface area contributed by atoms with E-state index in [4.69, 9.17) is 0 Å². The molecule has 0 fully saturated rings. The van der Waals surface area contributed by atoms with Crippen LogP contribution in [-0.2, 0) is 9.59 Å². The van der Waals surface area contributed by atoms with Crippen LogP contribution in [0, 0.1) is 15.9 Å². The molecule has 2 rings (SSSR count). The van der Waals surface area contributed by atoms with Crippen LogP contribution in [0.5, 0.6) is 0 Å². The molecule has 2 aromatic rings. The molecule has 0 aliphatic carbocycles. The third-order valence-electron chi connectivity index (χ3n) is 3.60. The molecule has 0 heterocycles. The number of amides is 3. The van der Waals surface area contributed by atoms with Gasteiger partial charge < -0.3 is 16.0 Å². The van der Waals surface area contributed by atoms with Crippen molar-refractivity contribution in [2.45, 2.75) is 19.9 Å². The molecular formula is C18H17FN4O5. The summed E-state index contributed by atoms with van der Waals surface area (Å²) in [6.45, 7) is 2.64. The number of nitro benzene ring substituents is 1. The quantitative estimate of drug-likeness (QED) is 0.517. The molecule has 2 aromatic carbocycles. The minimum Gasteiger partial charge on any atom is -0.341 e. The summed E-state index contributed by atoms with van der Waals surface area (Å²) in [5.74, 6) is -2.40. The van der Waals surface area contributed by atoms with Gasteiger partial charge in [-0.25, -0.2) is 4.39 Å². The Morgan fingerprint density at radius 1 is 1.11 bits per heavy atom. The van der Waals surface area contributed by atoms with Gasteiger partial charge in [0.25, 0.3) is 11.6 Å². The predicted molar refractivity (Wildman–Crippen MR) is 99.4 cm³/mol. The number of hydrogen-bond acceptors (Lipinski definition) is 5. The fraction of sp³-hybridized carbons (Fsp3) is 0.167. The first-order valence-electron chi connectivity index (χ1n) is 8.10. The van der Waals surface area contributed by atoms with Crippen LogP contribution in [0.2, 0.25) is 0 Å². The molecule has 0 aromatic heterocycles. The normalized spacial score (nSPS) is 11.2. The van der Waals surface area contributed by atoms with Gasteiger partial charge in [-0.15, -0.1) is 0 Å². The Morgan fingerprint density at radius 3 is 2.46 bits per heavy atom. The van der Waals surface area contributed by atoms with Crippen LogP contribution >= 0.6 is 0 Å². The van der Waals surface area contributed by atoms with Gasteiger partial charge in [0.2, 0.25) is 11.8 Å².